The van der Waals surface area contributed by atoms with Gasteiger partial charge in [-0.05, 0) is 12.5 Å². The summed E-state index contributed by atoms with van der Waals surface area (Å²) < 4.78 is 8.68. The number of Topliss-reactive ketones (excluding diaryl/α,β-unsaturated/α-hetero) is 1. The summed E-state index contributed by atoms with van der Waals surface area (Å²) in [5.41, 5.74) is 0. The molecule has 0 heterocycles. The Labute approximate surface area is 143 Å². The van der Waals surface area contributed by atoms with Gasteiger partial charge in [0.15, 0.2) is 11.5 Å². The van der Waals surface area contributed by atoms with Crippen molar-refractivity contribution >= 4 is 18.2 Å². The third kappa shape index (κ3) is 13.7. The maximum absolute atomic E-state index is 10.8. The zero-order valence-electron chi connectivity index (χ0n) is 15.0. The average Bonchev–Trinajstić information content (AvgIpc) is 2.96. The smallest absolute Gasteiger partial charge is 0.305 e. The summed E-state index contributed by atoms with van der Waals surface area (Å²) in [6.07, 6.45) is 1.82. The number of methoxy groups -OCH3 is 1. The number of aliphatic hydroxyl groups is 3. The summed E-state index contributed by atoms with van der Waals surface area (Å²) in [4.78, 5) is 30.8. The molecule has 0 amide bonds. The van der Waals surface area contributed by atoms with Crippen molar-refractivity contribution in [2.24, 2.45) is 5.92 Å². The topological polar surface area (TPSA) is 130 Å². The molecule has 0 aromatic carbocycles. The quantitative estimate of drug-likeness (QED) is 0.480. The molecule has 0 aromatic rings. The van der Waals surface area contributed by atoms with Crippen LogP contribution in [0.25, 0.3) is 0 Å². The van der Waals surface area contributed by atoms with Crippen molar-refractivity contribution < 1.29 is 39.2 Å². The number of ketones is 1. The standard InChI is InChI=1S/C8H10O5.C5H10O2.C2H6.CH4O/c9-4-13-3-8(12)5-1-6(10)7(11)2-5;1-3-4-5(6)7-2;2*1-2/h1,4-5,8,10,12H,2-3H2;3-4H2,1-2H3;1-2H3;2H,1H3. The van der Waals surface area contributed by atoms with E-state index in [1.165, 1.54) is 13.2 Å². The van der Waals surface area contributed by atoms with Gasteiger partial charge in [0.25, 0.3) is 6.47 Å². The molecular weight excluding hydrogens is 320 g/mol. The van der Waals surface area contributed by atoms with Crippen molar-refractivity contribution in [3.63, 3.8) is 0 Å². The van der Waals surface area contributed by atoms with E-state index in [1.54, 1.807) is 0 Å². The Bertz CT molecular complexity index is 365. The van der Waals surface area contributed by atoms with E-state index in [2.05, 4.69) is 9.47 Å². The molecule has 0 fully saturated rings. The van der Waals surface area contributed by atoms with Gasteiger partial charge in [0, 0.05) is 25.9 Å². The van der Waals surface area contributed by atoms with Gasteiger partial charge < -0.3 is 24.8 Å². The zero-order valence-corrected chi connectivity index (χ0v) is 15.0. The van der Waals surface area contributed by atoms with Gasteiger partial charge in [-0.2, -0.15) is 0 Å². The van der Waals surface area contributed by atoms with Crippen molar-refractivity contribution in [2.45, 2.75) is 46.1 Å². The Morgan fingerprint density at radius 1 is 1.42 bits per heavy atom. The molecule has 1 rings (SSSR count). The van der Waals surface area contributed by atoms with Gasteiger partial charge in [-0.15, -0.1) is 0 Å². The first-order chi connectivity index (χ1) is 11.5. The lowest BCUT2D eigenvalue weighted by molar-refractivity contribution is -0.140. The monoisotopic (exact) mass is 350 g/mol. The van der Waals surface area contributed by atoms with E-state index < -0.39 is 17.8 Å². The molecule has 8 heteroatoms. The lowest BCUT2D eigenvalue weighted by atomic mass is 10.0. The predicted octanol–water partition coefficient (Wildman–Crippen LogP) is 1.15. The third-order valence-electron chi connectivity index (χ3n) is 2.59. The third-order valence-corrected chi connectivity index (χ3v) is 2.59. The number of hydrogen-bond donors (Lipinski definition) is 3. The van der Waals surface area contributed by atoms with E-state index in [4.69, 9.17) is 10.2 Å². The second-order valence-corrected chi connectivity index (χ2v) is 4.17. The number of hydrogen-bond acceptors (Lipinski definition) is 8. The fourth-order valence-electron chi connectivity index (χ4n) is 1.49. The highest BCUT2D eigenvalue weighted by molar-refractivity contribution is 5.95. The zero-order chi connectivity index (χ0) is 19.5. The van der Waals surface area contributed by atoms with Crippen molar-refractivity contribution in [1.82, 2.24) is 0 Å². The van der Waals surface area contributed by atoms with E-state index in [9.17, 15) is 19.5 Å². The van der Waals surface area contributed by atoms with Gasteiger partial charge in [-0.25, -0.2) is 0 Å². The minimum atomic E-state index is -0.932. The molecule has 0 saturated heterocycles. The van der Waals surface area contributed by atoms with Crippen LogP contribution >= 0.6 is 0 Å². The van der Waals surface area contributed by atoms with Crippen LogP contribution in [0.15, 0.2) is 11.8 Å². The van der Waals surface area contributed by atoms with Crippen molar-refractivity contribution in [3.8, 4) is 0 Å². The summed E-state index contributed by atoms with van der Waals surface area (Å²) in [5.74, 6) is -1.29. The molecule has 0 aromatic heterocycles. The number of carbonyl (C=O) groups is 3. The van der Waals surface area contributed by atoms with Gasteiger partial charge >= 0.3 is 5.97 Å². The fraction of sp³-hybridized carbons (Fsp3) is 0.688. The highest BCUT2D eigenvalue weighted by Gasteiger charge is 2.29. The van der Waals surface area contributed by atoms with Gasteiger partial charge in [-0.3, -0.25) is 14.4 Å². The Kier molecular flexibility index (Phi) is 21.5. The maximum Gasteiger partial charge on any atom is 0.305 e. The summed E-state index contributed by atoms with van der Waals surface area (Å²) in [7, 11) is 2.40. The highest BCUT2D eigenvalue weighted by atomic mass is 16.5. The minimum Gasteiger partial charge on any atom is -0.505 e. The fourth-order valence-corrected chi connectivity index (χ4v) is 1.49. The lowest BCUT2D eigenvalue weighted by Crippen LogP contribution is -2.23. The number of allylic oxidation sites excluding steroid dienone is 1. The van der Waals surface area contributed by atoms with Gasteiger partial charge in [-0.1, -0.05) is 20.8 Å². The van der Waals surface area contributed by atoms with Gasteiger partial charge in [0.1, 0.15) is 6.61 Å². The van der Waals surface area contributed by atoms with Gasteiger partial charge in [0.05, 0.1) is 13.2 Å². The minimum absolute atomic E-state index is 0.0647. The first-order valence-corrected chi connectivity index (χ1v) is 7.65. The first-order valence-electron chi connectivity index (χ1n) is 7.65. The number of esters is 1. The molecule has 0 radical (unpaired) electrons. The average molecular weight is 350 g/mol. The van der Waals surface area contributed by atoms with E-state index in [-0.39, 0.29) is 31.2 Å². The van der Waals surface area contributed by atoms with Gasteiger partial charge in [0.2, 0.25) is 0 Å². The van der Waals surface area contributed by atoms with Crippen LogP contribution in [0.4, 0.5) is 0 Å². The van der Waals surface area contributed by atoms with Crippen LogP contribution < -0.4 is 0 Å². The molecule has 1 aliphatic rings. The Balaban J connectivity index is -0.000000341. The predicted molar refractivity (Wildman–Crippen MR) is 88.3 cm³/mol. The van der Waals surface area contributed by atoms with Crippen molar-refractivity contribution in [1.29, 1.82) is 0 Å². The highest BCUT2D eigenvalue weighted by Crippen LogP contribution is 2.22. The number of ether oxygens (including phenoxy) is 2. The summed E-state index contributed by atoms with van der Waals surface area (Å²) >= 11 is 0. The van der Waals surface area contributed by atoms with E-state index in [1.807, 2.05) is 20.8 Å². The molecule has 2 unspecified atom stereocenters. The van der Waals surface area contributed by atoms with Crippen molar-refractivity contribution in [2.75, 3.05) is 20.8 Å². The number of aliphatic hydroxyl groups excluding tert-OH is 3. The van der Waals surface area contributed by atoms with Crippen molar-refractivity contribution in [3.05, 3.63) is 11.8 Å². The van der Waals surface area contributed by atoms with Crippen LogP contribution in [0.5, 0.6) is 0 Å². The SMILES string of the molecule is CC.CCCC(=O)OC.CO.O=COCC(O)C1C=C(O)C(=O)C1. The molecule has 2 atom stereocenters. The number of rotatable bonds is 6. The lowest BCUT2D eigenvalue weighted by Gasteiger charge is -2.13. The second-order valence-electron chi connectivity index (χ2n) is 4.17. The maximum atomic E-state index is 10.8. The van der Waals surface area contributed by atoms with E-state index in [0.717, 1.165) is 13.5 Å². The molecular formula is C16H30O8. The Morgan fingerprint density at radius 2 is 1.96 bits per heavy atom. The molecule has 1 aliphatic carbocycles. The Hall–Kier alpha value is -1.93. The Morgan fingerprint density at radius 3 is 2.25 bits per heavy atom. The molecule has 142 valence electrons. The molecule has 8 nitrogen and oxygen atoms in total. The molecule has 3 N–H and O–H groups in total. The van der Waals surface area contributed by atoms with Crippen LogP contribution in [0.1, 0.15) is 40.0 Å². The van der Waals surface area contributed by atoms with E-state index >= 15 is 0 Å². The van der Waals surface area contributed by atoms with Crippen LogP contribution in [-0.4, -0.2) is 60.5 Å². The normalized spacial score (nSPS) is 15.9. The largest absolute Gasteiger partial charge is 0.505 e. The number of carbonyl (C=O) groups excluding carboxylic acids is 3. The van der Waals surface area contributed by atoms with E-state index in [0.29, 0.717) is 6.42 Å². The molecule has 0 spiro atoms. The summed E-state index contributed by atoms with van der Waals surface area (Å²) in [6.45, 7) is 6.01. The van der Waals surface area contributed by atoms with Crippen LogP contribution in [0.2, 0.25) is 0 Å². The summed E-state index contributed by atoms with van der Waals surface area (Å²) in [6, 6.07) is 0. The molecule has 0 saturated carbocycles. The molecule has 24 heavy (non-hydrogen) atoms. The van der Waals surface area contributed by atoms with Crippen LogP contribution in [-0.2, 0) is 23.9 Å². The van der Waals surface area contributed by atoms with Crippen LogP contribution in [0, 0.1) is 5.92 Å². The summed E-state index contributed by atoms with van der Waals surface area (Å²) in [5, 5.41) is 25.3. The molecule has 0 bridgehead atoms. The van der Waals surface area contributed by atoms with Crippen LogP contribution in [0.3, 0.4) is 0 Å². The first kappa shape index (κ1) is 26.9. The molecule has 0 aliphatic heterocycles. The second kappa shape index (κ2) is 19.1.